The number of hydrogen-bond donors (Lipinski definition) is 3. The second-order valence-electron chi connectivity index (χ2n) is 8.37. The Balaban J connectivity index is 1.30. The summed E-state index contributed by atoms with van der Waals surface area (Å²) in [6.07, 6.45) is -3.27. The zero-order chi connectivity index (χ0) is 27.7. The number of nitrogens with zero attached hydrogens (tertiary/aromatic N) is 4. The second kappa shape index (κ2) is 10.2. The molecular formula is C26H18ClF4N7O. The van der Waals surface area contributed by atoms with Gasteiger partial charge < -0.3 is 16.0 Å². The first kappa shape index (κ1) is 25.9. The summed E-state index contributed by atoms with van der Waals surface area (Å²) in [7, 11) is 0. The van der Waals surface area contributed by atoms with Gasteiger partial charge in [-0.15, -0.1) is 0 Å². The first-order valence-corrected chi connectivity index (χ1v) is 11.7. The zero-order valence-electron chi connectivity index (χ0n) is 20.0. The Kier molecular flexibility index (Phi) is 6.79. The van der Waals surface area contributed by atoms with E-state index in [1.54, 1.807) is 48.0 Å². The standard InChI is InChI=1S/C26H18ClF4N7O/c1-14-22-23(32-13-33-24(22)38(37-14)19-9-2-15(28)3-10-19)34-16-4-6-17(7-5-16)35-25(39)36-18-8-11-21(27)20(12-18)26(29,30)31/h2-13H,1H3,(H,32,33,34)(H2,35,36,39). The molecule has 198 valence electrons. The smallest absolute Gasteiger partial charge is 0.340 e. The van der Waals surface area contributed by atoms with Crippen LogP contribution in [0.1, 0.15) is 11.3 Å². The van der Waals surface area contributed by atoms with Crippen molar-refractivity contribution in [2.75, 3.05) is 16.0 Å². The molecule has 0 spiro atoms. The summed E-state index contributed by atoms with van der Waals surface area (Å²) in [6.45, 7) is 1.81. The van der Waals surface area contributed by atoms with Gasteiger partial charge in [-0.1, -0.05) is 11.6 Å². The lowest BCUT2D eigenvalue weighted by Gasteiger charge is -2.13. The topological polar surface area (TPSA) is 96.8 Å². The lowest BCUT2D eigenvalue weighted by atomic mass is 10.2. The van der Waals surface area contributed by atoms with E-state index in [1.807, 2.05) is 0 Å². The largest absolute Gasteiger partial charge is 0.417 e. The molecule has 0 aliphatic carbocycles. The third kappa shape index (κ3) is 5.60. The van der Waals surface area contributed by atoms with E-state index in [0.717, 1.165) is 12.1 Å². The van der Waals surface area contributed by atoms with Crippen LogP contribution in [0.15, 0.2) is 73.1 Å². The van der Waals surface area contributed by atoms with Gasteiger partial charge in [0.15, 0.2) is 5.65 Å². The Morgan fingerprint density at radius 2 is 1.54 bits per heavy atom. The van der Waals surface area contributed by atoms with E-state index in [0.29, 0.717) is 39.6 Å². The fraction of sp³-hybridized carbons (Fsp3) is 0.0769. The molecule has 0 aliphatic rings. The predicted molar refractivity (Wildman–Crippen MR) is 140 cm³/mol. The van der Waals surface area contributed by atoms with Crippen molar-refractivity contribution >= 4 is 51.5 Å². The molecule has 8 nitrogen and oxygen atoms in total. The lowest BCUT2D eigenvalue weighted by Crippen LogP contribution is -2.19. The fourth-order valence-electron chi connectivity index (χ4n) is 3.86. The molecule has 2 aromatic heterocycles. The van der Waals surface area contributed by atoms with E-state index in [1.165, 1.54) is 24.5 Å². The van der Waals surface area contributed by atoms with Crippen molar-refractivity contribution in [1.82, 2.24) is 19.7 Å². The maximum absolute atomic E-state index is 13.4. The number of anilines is 4. The highest BCUT2D eigenvalue weighted by molar-refractivity contribution is 6.31. The normalized spacial score (nSPS) is 11.4. The summed E-state index contributed by atoms with van der Waals surface area (Å²) < 4.78 is 54.1. The molecule has 13 heteroatoms. The summed E-state index contributed by atoms with van der Waals surface area (Å²) in [4.78, 5) is 21.0. The molecule has 2 amide bonds. The van der Waals surface area contributed by atoms with Crippen molar-refractivity contribution in [3.8, 4) is 5.69 Å². The minimum Gasteiger partial charge on any atom is -0.340 e. The molecule has 3 aromatic carbocycles. The Morgan fingerprint density at radius 3 is 2.23 bits per heavy atom. The van der Waals surface area contributed by atoms with Gasteiger partial charge in [0.25, 0.3) is 0 Å². The predicted octanol–water partition coefficient (Wildman–Crippen LogP) is 7.32. The van der Waals surface area contributed by atoms with Gasteiger partial charge >= 0.3 is 12.2 Å². The summed E-state index contributed by atoms with van der Waals surface area (Å²) >= 11 is 5.62. The van der Waals surface area contributed by atoms with Crippen molar-refractivity contribution < 1.29 is 22.4 Å². The van der Waals surface area contributed by atoms with Crippen LogP contribution in [0.2, 0.25) is 5.02 Å². The van der Waals surface area contributed by atoms with Crippen molar-refractivity contribution in [2.24, 2.45) is 0 Å². The van der Waals surface area contributed by atoms with E-state index in [-0.39, 0.29) is 11.5 Å². The van der Waals surface area contributed by atoms with Crippen LogP contribution in [0.3, 0.4) is 0 Å². The average molecular weight is 556 g/mol. The van der Waals surface area contributed by atoms with Gasteiger partial charge in [0.2, 0.25) is 0 Å². The summed E-state index contributed by atoms with van der Waals surface area (Å²) in [6, 6.07) is 14.8. The number of hydrogen-bond acceptors (Lipinski definition) is 5. The molecule has 5 aromatic rings. The number of aryl methyl sites for hydroxylation is 1. The highest BCUT2D eigenvalue weighted by Crippen LogP contribution is 2.36. The van der Waals surface area contributed by atoms with Crippen LogP contribution < -0.4 is 16.0 Å². The summed E-state index contributed by atoms with van der Waals surface area (Å²) in [5.41, 5.74) is 1.76. The fourth-order valence-corrected chi connectivity index (χ4v) is 4.09. The number of carbonyl (C=O) groups excluding carboxylic acids is 1. The van der Waals surface area contributed by atoms with Crippen molar-refractivity contribution in [3.05, 3.63) is 95.2 Å². The van der Waals surface area contributed by atoms with Gasteiger partial charge in [-0.2, -0.15) is 18.3 Å². The second-order valence-corrected chi connectivity index (χ2v) is 8.78. The lowest BCUT2D eigenvalue weighted by molar-refractivity contribution is -0.137. The zero-order valence-corrected chi connectivity index (χ0v) is 20.8. The van der Waals surface area contributed by atoms with Gasteiger partial charge in [0, 0.05) is 17.1 Å². The quantitative estimate of drug-likeness (QED) is 0.197. The minimum atomic E-state index is -4.65. The Labute approximate surface area is 223 Å². The molecule has 0 saturated heterocycles. The minimum absolute atomic E-state index is 0.0631. The number of amides is 2. The monoisotopic (exact) mass is 555 g/mol. The molecule has 3 N–H and O–H groups in total. The van der Waals surface area contributed by atoms with Crippen molar-refractivity contribution in [1.29, 1.82) is 0 Å². The van der Waals surface area contributed by atoms with Gasteiger partial charge in [0.05, 0.1) is 27.4 Å². The molecule has 5 rings (SSSR count). The van der Waals surface area contributed by atoms with Crippen LogP contribution in [0, 0.1) is 12.7 Å². The van der Waals surface area contributed by atoms with E-state index >= 15 is 0 Å². The molecule has 0 radical (unpaired) electrons. The first-order chi connectivity index (χ1) is 18.6. The summed E-state index contributed by atoms with van der Waals surface area (Å²) in [5.74, 6) is 0.132. The number of nitrogens with one attached hydrogen (secondary N) is 3. The van der Waals surface area contributed by atoms with Crippen LogP contribution in [0.25, 0.3) is 16.7 Å². The average Bonchev–Trinajstić information content (AvgIpc) is 3.23. The van der Waals surface area contributed by atoms with Crippen molar-refractivity contribution in [2.45, 2.75) is 13.1 Å². The number of fused-ring (bicyclic) bond motifs is 1. The number of halogens is 5. The summed E-state index contributed by atoms with van der Waals surface area (Å²) in [5, 5.41) is 12.8. The van der Waals surface area contributed by atoms with Crippen LogP contribution >= 0.6 is 11.6 Å². The third-order valence-electron chi connectivity index (χ3n) is 5.65. The number of aromatic nitrogens is 4. The van der Waals surface area contributed by atoms with Gasteiger partial charge in [-0.3, -0.25) is 0 Å². The van der Waals surface area contributed by atoms with Crippen LogP contribution in [0.5, 0.6) is 0 Å². The number of carbonyl (C=O) groups is 1. The van der Waals surface area contributed by atoms with Crippen LogP contribution in [0.4, 0.5) is 45.2 Å². The first-order valence-electron chi connectivity index (χ1n) is 11.4. The molecule has 0 unspecified atom stereocenters. The molecule has 2 heterocycles. The van der Waals surface area contributed by atoms with E-state index in [4.69, 9.17) is 11.6 Å². The maximum atomic E-state index is 13.4. The Bertz CT molecular complexity index is 1670. The Hall–Kier alpha value is -4.71. The molecule has 39 heavy (non-hydrogen) atoms. The van der Waals surface area contributed by atoms with E-state index in [2.05, 4.69) is 31.0 Å². The SMILES string of the molecule is Cc1nn(-c2ccc(F)cc2)c2ncnc(Nc3ccc(NC(=O)Nc4ccc(Cl)c(C(F)(F)F)c4)cc3)c12. The number of urea groups is 1. The molecular weight excluding hydrogens is 538 g/mol. The van der Waals surface area contributed by atoms with E-state index in [9.17, 15) is 22.4 Å². The van der Waals surface area contributed by atoms with Gasteiger partial charge in [-0.25, -0.2) is 23.8 Å². The van der Waals surface area contributed by atoms with E-state index < -0.39 is 22.8 Å². The molecule has 0 atom stereocenters. The number of rotatable bonds is 5. The van der Waals surface area contributed by atoms with Gasteiger partial charge in [0.1, 0.15) is 18.0 Å². The highest BCUT2D eigenvalue weighted by atomic mass is 35.5. The highest BCUT2D eigenvalue weighted by Gasteiger charge is 2.33. The molecule has 0 aliphatic heterocycles. The van der Waals surface area contributed by atoms with Crippen molar-refractivity contribution in [3.63, 3.8) is 0 Å². The maximum Gasteiger partial charge on any atom is 0.417 e. The van der Waals surface area contributed by atoms with Gasteiger partial charge in [-0.05, 0) is 73.7 Å². The molecule has 0 fully saturated rings. The van der Waals surface area contributed by atoms with Crippen LogP contribution in [-0.4, -0.2) is 25.8 Å². The van der Waals surface area contributed by atoms with Crippen LogP contribution in [-0.2, 0) is 6.18 Å². The number of benzene rings is 3. The molecule has 0 saturated carbocycles. The Morgan fingerprint density at radius 1 is 0.897 bits per heavy atom. The molecule has 0 bridgehead atoms. The number of alkyl halides is 3. The third-order valence-corrected chi connectivity index (χ3v) is 5.98.